The van der Waals surface area contributed by atoms with E-state index in [1.54, 1.807) is 35.1 Å². The van der Waals surface area contributed by atoms with E-state index in [2.05, 4.69) is 15.6 Å². The largest absolute Gasteiger partial charge is 0.508 e. The molecule has 0 radical (unpaired) electrons. The van der Waals surface area contributed by atoms with E-state index >= 15 is 0 Å². The molecule has 1 aliphatic rings. The Balaban J connectivity index is 1.69. The molecule has 1 aliphatic heterocycles. The van der Waals surface area contributed by atoms with Crippen molar-refractivity contribution in [3.05, 3.63) is 41.7 Å². The van der Waals surface area contributed by atoms with Crippen LogP contribution in [0.25, 0.3) is 0 Å². The van der Waals surface area contributed by atoms with Crippen molar-refractivity contribution in [1.82, 2.24) is 20.3 Å². The summed E-state index contributed by atoms with van der Waals surface area (Å²) in [7, 11) is 0. The number of aromatic hydroxyl groups is 1. The predicted octanol–water partition coefficient (Wildman–Crippen LogP) is 0.553. The third kappa shape index (κ3) is 2.48. The first-order valence-electron chi connectivity index (χ1n) is 6.16. The molecular weight excluding hydrogens is 244 g/mol. The topological polar surface area (TPSA) is 80.0 Å². The number of ketones is 1. The standard InChI is InChI=1S/C13H14N4O2/c18-11-3-1-9(2-4-11)5-13(19)12-8-17(16-15-12)10-6-14-7-10/h1-4,8,10,14,18H,5-7H2. The van der Waals surface area contributed by atoms with Crippen molar-refractivity contribution in [2.24, 2.45) is 0 Å². The minimum absolute atomic E-state index is 0.0655. The first kappa shape index (κ1) is 11.9. The Bertz CT molecular complexity index is 587. The quantitative estimate of drug-likeness (QED) is 0.783. The minimum atomic E-state index is -0.0655. The Hall–Kier alpha value is -2.21. The van der Waals surface area contributed by atoms with E-state index < -0.39 is 0 Å². The number of phenolic OH excluding ortho intramolecular Hbond substituents is 1. The van der Waals surface area contributed by atoms with Gasteiger partial charge in [0.15, 0.2) is 5.78 Å². The molecule has 1 saturated heterocycles. The van der Waals surface area contributed by atoms with Gasteiger partial charge in [-0.2, -0.15) is 0 Å². The summed E-state index contributed by atoms with van der Waals surface area (Å²) in [5.41, 5.74) is 1.24. The maximum atomic E-state index is 12.0. The summed E-state index contributed by atoms with van der Waals surface area (Å²) in [5.74, 6) is 0.129. The van der Waals surface area contributed by atoms with Gasteiger partial charge in [0.25, 0.3) is 0 Å². The number of nitrogens with one attached hydrogen (secondary N) is 1. The van der Waals surface area contributed by atoms with Gasteiger partial charge in [-0.25, -0.2) is 4.68 Å². The summed E-state index contributed by atoms with van der Waals surface area (Å²) >= 11 is 0. The van der Waals surface area contributed by atoms with Crippen LogP contribution in [0.15, 0.2) is 30.5 Å². The predicted molar refractivity (Wildman–Crippen MR) is 68.1 cm³/mol. The number of rotatable bonds is 4. The Labute approximate surface area is 110 Å². The van der Waals surface area contributed by atoms with Crippen molar-refractivity contribution < 1.29 is 9.90 Å². The zero-order valence-corrected chi connectivity index (χ0v) is 10.3. The van der Waals surface area contributed by atoms with Gasteiger partial charge in [-0.05, 0) is 17.7 Å². The average molecular weight is 258 g/mol. The van der Waals surface area contributed by atoms with Crippen molar-refractivity contribution in [3.8, 4) is 5.75 Å². The molecule has 98 valence electrons. The normalized spacial score (nSPS) is 15.2. The summed E-state index contributed by atoms with van der Waals surface area (Å²) in [5, 5.41) is 20.2. The second kappa shape index (κ2) is 4.81. The van der Waals surface area contributed by atoms with Crippen LogP contribution in [0, 0.1) is 0 Å². The molecule has 3 rings (SSSR count). The van der Waals surface area contributed by atoms with E-state index in [0.717, 1.165) is 18.7 Å². The Morgan fingerprint density at radius 1 is 1.37 bits per heavy atom. The number of aromatic nitrogens is 3. The van der Waals surface area contributed by atoms with Crippen LogP contribution >= 0.6 is 0 Å². The molecule has 19 heavy (non-hydrogen) atoms. The molecule has 0 atom stereocenters. The summed E-state index contributed by atoms with van der Waals surface area (Å²) < 4.78 is 1.74. The van der Waals surface area contributed by atoms with Crippen molar-refractivity contribution in [3.63, 3.8) is 0 Å². The fraction of sp³-hybridized carbons (Fsp3) is 0.308. The van der Waals surface area contributed by atoms with Crippen molar-refractivity contribution in [2.75, 3.05) is 13.1 Å². The highest BCUT2D eigenvalue weighted by Crippen LogP contribution is 2.13. The van der Waals surface area contributed by atoms with Crippen LogP contribution < -0.4 is 5.32 Å². The number of carbonyl (C=O) groups is 1. The molecule has 1 aromatic heterocycles. The fourth-order valence-electron chi connectivity index (χ4n) is 1.93. The highest BCUT2D eigenvalue weighted by Gasteiger charge is 2.21. The van der Waals surface area contributed by atoms with Gasteiger partial charge in [0.05, 0.1) is 12.2 Å². The number of Topliss-reactive ketones (excluding diaryl/α,β-unsaturated/α-hetero) is 1. The van der Waals surface area contributed by atoms with Crippen LogP contribution in [0.1, 0.15) is 22.1 Å². The van der Waals surface area contributed by atoms with E-state index in [9.17, 15) is 9.90 Å². The Morgan fingerprint density at radius 2 is 2.11 bits per heavy atom. The summed E-state index contributed by atoms with van der Waals surface area (Å²) in [6.45, 7) is 1.74. The SMILES string of the molecule is O=C(Cc1ccc(O)cc1)c1cn(C2CNC2)nn1. The number of nitrogens with zero attached hydrogens (tertiary/aromatic N) is 3. The number of hydrogen-bond acceptors (Lipinski definition) is 5. The van der Waals surface area contributed by atoms with Gasteiger partial charge in [-0.15, -0.1) is 5.10 Å². The van der Waals surface area contributed by atoms with Crippen molar-refractivity contribution in [1.29, 1.82) is 0 Å². The molecule has 0 saturated carbocycles. The second-order valence-corrected chi connectivity index (χ2v) is 4.66. The lowest BCUT2D eigenvalue weighted by Gasteiger charge is -2.26. The lowest BCUT2D eigenvalue weighted by atomic mass is 10.1. The van der Waals surface area contributed by atoms with Gasteiger partial charge < -0.3 is 10.4 Å². The molecular formula is C13H14N4O2. The maximum Gasteiger partial charge on any atom is 0.189 e. The summed E-state index contributed by atoms with van der Waals surface area (Å²) in [6.07, 6.45) is 1.97. The number of benzene rings is 1. The molecule has 2 heterocycles. The van der Waals surface area contributed by atoms with Gasteiger partial charge in [0.1, 0.15) is 11.4 Å². The van der Waals surface area contributed by atoms with Crippen LogP contribution in [0.2, 0.25) is 0 Å². The van der Waals surface area contributed by atoms with E-state index in [1.165, 1.54) is 0 Å². The highest BCUT2D eigenvalue weighted by atomic mass is 16.3. The monoisotopic (exact) mass is 258 g/mol. The van der Waals surface area contributed by atoms with Crippen LogP contribution in [-0.2, 0) is 6.42 Å². The van der Waals surface area contributed by atoms with Crippen LogP contribution in [0.3, 0.4) is 0 Å². The molecule has 2 N–H and O–H groups in total. The second-order valence-electron chi connectivity index (χ2n) is 4.66. The summed E-state index contributed by atoms with van der Waals surface area (Å²) in [4.78, 5) is 12.0. The van der Waals surface area contributed by atoms with Gasteiger partial charge >= 0.3 is 0 Å². The smallest absolute Gasteiger partial charge is 0.189 e. The van der Waals surface area contributed by atoms with E-state index in [0.29, 0.717) is 11.7 Å². The van der Waals surface area contributed by atoms with Crippen LogP contribution in [0.5, 0.6) is 5.75 Å². The van der Waals surface area contributed by atoms with Gasteiger partial charge in [0.2, 0.25) is 0 Å². The highest BCUT2D eigenvalue weighted by molar-refractivity contribution is 5.95. The first-order valence-corrected chi connectivity index (χ1v) is 6.16. The molecule has 0 unspecified atom stereocenters. The van der Waals surface area contributed by atoms with E-state index in [-0.39, 0.29) is 18.0 Å². The molecule has 1 aromatic carbocycles. The lowest BCUT2D eigenvalue weighted by Crippen LogP contribution is -2.43. The van der Waals surface area contributed by atoms with Crippen molar-refractivity contribution in [2.45, 2.75) is 12.5 Å². The van der Waals surface area contributed by atoms with Gasteiger partial charge in [-0.3, -0.25) is 4.79 Å². The molecule has 0 aliphatic carbocycles. The molecule has 0 spiro atoms. The number of carbonyl (C=O) groups excluding carboxylic acids is 1. The maximum absolute atomic E-state index is 12.0. The Kier molecular flexibility index (Phi) is 3.00. The zero-order chi connectivity index (χ0) is 13.2. The minimum Gasteiger partial charge on any atom is -0.508 e. The number of phenols is 1. The van der Waals surface area contributed by atoms with Gasteiger partial charge in [-0.1, -0.05) is 17.3 Å². The molecule has 0 bridgehead atoms. The van der Waals surface area contributed by atoms with E-state index in [1.807, 2.05) is 0 Å². The molecule has 6 nitrogen and oxygen atoms in total. The Morgan fingerprint density at radius 3 is 2.74 bits per heavy atom. The third-order valence-corrected chi connectivity index (χ3v) is 3.23. The molecule has 0 amide bonds. The van der Waals surface area contributed by atoms with Gasteiger partial charge in [0, 0.05) is 19.5 Å². The zero-order valence-electron chi connectivity index (χ0n) is 10.3. The molecule has 2 aromatic rings. The summed E-state index contributed by atoms with van der Waals surface area (Å²) in [6, 6.07) is 6.91. The number of hydrogen-bond donors (Lipinski definition) is 2. The first-order chi connectivity index (χ1) is 9.22. The fourth-order valence-corrected chi connectivity index (χ4v) is 1.93. The molecule has 1 fully saturated rings. The van der Waals surface area contributed by atoms with Crippen LogP contribution in [0.4, 0.5) is 0 Å². The van der Waals surface area contributed by atoms with E-state index in [4.69, 9.17) is 0 Å². The van der Waals surface area contributed by atoms with Crippen molar-refractivity contribution >= 4 is 5.78 Å². The van der Waals surface area contributed by atoms with Crippen LogP contribution in [-0.4, -0.2) is 39.0 Å². The third-order valence-electron chi connectivity index (χ3n) is 3.23. The average Bonchev–Trinajstić information content (AvgIpc) is 2.79. The lowest BCUT2D eigenvalue weighted by molar-refractivity contribution is 0.0988. The molecule has 6 heteroatoms.